The minimum Gasteiger partial charge on any atom is -0.480 e. The molecule has 0 radical (unpaired) electrons. The van der Waals surface area contributed by atoms with Crippen molar-refractivity contribution < 1.29 is 30.0 Å². The Morgan fingerprint density at radius 3 is 2.59 bits per heavy atom. The summed E-state index contributed by atoms with van der Waals surface area (Å²) in [5, 5.41) is 37.0. The summed E-state index contributed by atoms with van der Waals surface area (Å²) < 4.78 is 6.85. The summed E-state index contributed by atoms with van der Waals surface area (Å²) in [6, 6.07) is -0.683. The van der Waals surface area contributed by atoms with Crippen LogP contribution in [0.5, 0.6) is 0 Å². The quantitative estimate of drug-likeness (QED) is 0.291. The zero-order valence-electron chi connectivity index (χ0n) is 15.6. The van der Waals surface area contributed by atoms with Gasteiger partial charge in [0.25, 0.3) is 0 Å². The molecule has 1 aliphatic heterocycles. The molecule has 29 heavy (non-hydrogen) atoms. The van der Waals surface area contributed by atoms with Crippen LogP contribution in [-0.4, -0.2) is 88.9 Å². The van der Waals surface area contributed by atoms with Gasteiger partial charge >= 0.3 is 5.97 Å². The molecule has 2 aromatic heterocycles. The van der Waals surface area contributed by atoms with E-state index in [4.69, 9.17) is 26.4 Å². The van der Waals surface area contributed by atoms with E-state index >= 15 is 0 Å². The number of nitrogen functional groups attached to an aromatic ring is 1. The van der Waals surface area contributed by atoms with Crippen molar-refractivity contribution in [2.45, 2.75) is 37.0 Å². The standard InChI is InChI=1S/C10H13N5O4.C5H11NO2S.H2S/c11-8-5-9(13-2-12-8)15(3-14-5)10-7(18)6(17)4(1-16)19-10;1-9-3-2-4(6)5(7)8;/h2-4,6-7,10,16-18H,1H2,(H2,11,12,13);4H,2-3,6H2,1H3,(H,7,8);1H2/t4-,6-,7-,10-;;/m1../s1. The van der Waals surface area contributed by atoms with Crippen molar-refractivity contribution in [2.75, 3.05) is 24.3 Å². The first kappa shape index (κ1) is 25.4. The Labute approximate surface area is 177 Å². The van der Waals surface area contributed by atoms with Gasteiger partial charge in [-0.2, -0.15) is 25.3 Å². The van der Waals surface area contributed by atoms with Gasteiger partial charge in [0.1, 0.15) is 36.2 Å². The monoisotopic (exact) mass is 450 g/mol. The van der Waals surface area contributed by atoms with E-state index in [1.165, 1.54) is 17.2 Å². The van der Waals surface area contributed by atoms with Gasteiger partial charge in [-0.05, 0) is 18.4 Å². The first-order valence-electron chi connectivity index (χ1n) is 8.34. The minimum absolute atomic E-state index is 0. The lowest BCUT2D eigenvalue weighted by molar-refractivity contribution is -0.138. The fourth-order valence-electron chi connectivity index (χ4n) is 2.53. The number of ether oxygens (including phenoxy) is 1. The summed E-state index contributed by atoms with van der Waals surface area (Å²) in [5.74, 6) is 0.118. The van der Waals surface area contributed by atoms with Crippen LogP contribution >= 0.6 is 25.3 Å². The third-order valence-corrected chi connectivity index (χ3v) is 4.77. The SMILES string of the molecule is CSCCC(N)C(=O)O.Nc1ncnc2c1ncn2[C@@H]1O[C@H](CO)[C@@H](O)[C@H]1O.S. The summed E-state index contributed by atoms with van der Waals surface area (Å²) in [6.45, 7) is -0.390. The molecule has 12 nitrogen and oxygen atoms in total. The number of nitrogens with two attached hydrogens (primary N) is 2. The van der Waals surface area contributed by atoms with Crippen LogP contribution in [0.3, 0.4) is 0 Å². The molecule has 0 bridgehead atoms. The molecule has 0 aliphatic carbocycles. The van der Waals surface area contributed by atoms with Crippen LogP contribution in [0.1, 0.15) is 12.6 Å². The number of hydrogen-bond donors (Lipinski definition) is 6. The van der Waals surface area contributed by atoms with Crippen LogP contribution in [-0.2, 0) is 9.53 Å². The van der Waals surface area contributed by atoms with Crippen LogP contribution in [0.25, 0.3) is 11.2 Å². The number of nitrogens with zero attached hydrogens (tertiary/aromatic N) is 4. The van der Waals surface area contributed by atoms with Gasteiger partial charge in [-0.3, -0.25) is 9.36 Å². The molecular weight excluding hydrogens is 424 g/mol. The van der Waals surface area contributed by atoms with Gasteiger partial charge < -0.3 is 36.6 Å². The molecule has 14 heteroatoms. The molecule has 1 unspecified atom stereocenters. The fourth-order valence-corrected chi connectivity index (χ4v) is 3.02. The molecule has 0 amide bonds. The Kier molecular flexibility index (Phi) is 10.0. The number of carbonyl (C=O) groups is 1. The topological polar surface area (TPSA) is 203 Å². The Hall–Kier alpha value is -1.68. The molecule has 0 aromatic carbocycles. The Morgan fingerprint density at radius 1 is 1.34 bits per heavy atom. The highest BCUT2D eigenvalue weighted by molar-refractivity contribution is 7.98. The molecule has 5 atom stereocenters. The Balaban J connectivity index is 0.000000362. The van der Waals surface area contributed by atoms with Crippen LogP contribution in [0.2, 0.25) is 0 Å². The fraction of sp³-hybridized carbons (Fsp3) is 0.600. The second kappa shape index (κ2) is 11.5. The summed E-state index contributed by atoms with van der Waals surface area (Å²) in [6.07, 6.45) is 1.05. The van der Waals surface area contributed by atoms with E-state index in [1.54, 1.807) is 11.8 Å². The molecule has 1 fully saturated rings. The normalized spacial score (nSPS) is 24.4. The highest BCUT2D eigenvalue weighted by Crippen LogP contribution is 2.31. The second-order valence-corrected chi connectivity index (χ2v) is 7.02. The minimum atomic E-state index is -1.19. The maximum absolute atomic E-state index is 10.1. The lowest BCUT2D eigenvalue weighted by Crippen LogP contribution is -2.33. The van der Waals surface area contributed by atoms with Gasteiger partial charge in [-0.25, -0.2) is 15.0 Å². The molecule has 1 aliphatic rings. The lowest BCUT2D eigenvalue weighted by atomic mass is 10.1. The molecular formula is C15H26N6O6S2. The first-order chi connectivity index (χ1) is 13.3. The number of fused-ring (bicyclic) bond motifs is 1. The predicted octanol–water partition coefficient (Wildman–Crippen LogP) is -1.72. The average molecular weight is 451 g/mol. The highest BCUT2D eigenvalue weighted by atomic mass is 32.2. The number of aliphatic hydroxyl groups excluding tert-OH is 3. The van der Waals surface area contributed by atoms with Gasteiger partial charge in [0.05, 0.1) is 12.9 Å². The molecule has 1 saturated heterocycles. The molecule has 0 saturated carbocycles. The molecule has 2 aromatic rings. The Bertz CT molecular complexity index is 796. The number of hydrogen-bond acceptors (Lipinski definition) is 11. The predicted molar refractivity (Wildman–Crippen MR) is 112 cm³/mol. The summed E-state index contributed by atoms with van der Waals surface area (Å²) in [5.41, 5.74) is 11.6. The number of thioether (sulfide) groups is 1. The van der Waals surface area contributed by atoms with Gasteiger partial charge in [0, 0.05) is 0 Å². The molecule has 8 N–H and O–H groups in total. The number of aliphatic hydroxyl groups is 3. The largest absolute Gasteiger partial charge is 0.480 e. The smallest absolute Gasteiger partial charge is 0.320 e. The third-order valence-electron chi connectivity index (χ3n) is 4.13. The van der Waals surface area contributed by atoms with E-state index in [0.29, 0.717) is 17.6 Å². The molecule has 3 rings (SSSR count). The molecule has 3 heterocycles. The zero-order valence-corrected chi connectivity index (χ0v) is 17.4. The Morgan fingerprint density at radius 2 is 2.03 bits per heavy atom. The van der Waals surface area contributed by atoms with Crippen molar-refractivity contribution in [3.63, 3.8) is 0 Å². The van der Waals surface area contributed by atoms with E-state index < -0.39 is 43.2 Å². The summed E-state index contributed by atoms with van der Waals surface area (Å²) in [7, 11) is 0. The summed E-state index contributed by atoms with van der Waals surface area (Å²) >= 11 is 1.60. The number of rotatable bonds is 6. The maximum Gasteiger partial charge on any atom is 0.320 e. The van der Waals surface area contributed by atoms with Gasteiger partial charge in [-0.15, -0.1) is 0 Å². The van der Waals surface area contributed by atoms with Crippen LogP contribution in [0, 0.1) is 0 Å². The van der Waals surface area contributed by atoms with Crippen LogP contribution in [0.4, 0.5) is 5.82 Å². The number of carboxylic acids is 1. The van der Waals surface area contributed by atoms with Crippen molar-refractivity contribution >= 4 is 48.2 Å². The average Bonchev–Trinajstić information content (AvgIpc) is 3.23. The van der Waals surface area contributed by atoms with Crippen LogP contribution < -0.4 is 11.5 Å². The maximum atomic E-state index is 10.1. The number of carboxylic acid groups (broad SMARTS) is 1. The highest BCUT2D eigenvalue weighted by Gasteiger charge is 2.43. The third kappa shape index (κ3) is 5.91. The lowest BCUT2D eigenvalue weighted by Gasteiger charge is -2.16. The van der Waals surface area contributed by atoms with Crippen LogP contribution in [0.15, 0.2) is 12.7 Å². The number of aliphatic carboxylic acids is 1. The number of aromatic nitrogens is 4. The van der Waals surface area contributed by atoms with E-state index in [0.717, 1.165) is 5.75 Å². The van der Waals surface area contributed by atoms with Crippen molar-refractivity contribution in [1.29, 1.82) is 0 Å². The summed E-state index contributed by atoms with van der Waals surface area (Å²) in [4.78, 5) is 22.0. The van der Waals surface area contributed by atoms with E-state index in [9.17, 15) is 15.0 Å². The van der Waals surface area contributed by atoms with E-state index in [2.05, 4.69) is 15.0 Å². The van der Waals surface area contributed by atoms with Gasteiger partial charge in [0.15, 0.2) is 17.7 Å². The van der Waals surface area contributed by atoms with Crippen molar-refractivity contribution in [1.82, 2.24) is 19.5 Å². The number of imidazole rings is 1. The van der Waals surface area contributed by atoms with E-state index in [-0.39, 0.29) is 19.3 Å². The van der Waals surface area contributed by atoms with Gasteiger partial charge in [-0.1, -0.05) is 0 Å². The molecule has 164 valence electrons. The van der Waals surface area contributed by atoms with Crippen molar-refractivity contribution in [2.24, 2.45) is 5.73 Å². The van der Waals surface area contributed by atoms with Crippen molar-refractivity contribution in [3.8, 4) is 0 Å². The second-order valence-electron chi connectivity index (χ2n) is 6.04. The van der Waals surface area contributed by atoms with E-state index in [1.807, 2.05) is 6.26 Å². The first-order valence-corrected chi connectivity index (χ1v) is 9.74. The van der Waals surface area contributed by atoms with Gasteiger partial charge in [0.2, 0.25) is 0 Å². The zero-order chi connectivity index (χ0) is 20.8. The number of anilines is 1. The molecule has 0 spiro atoms. The van der Waals surface area contributed by atoms with Crippen molar-refractivity contribution in [3.05, 3.63) is 12.7 Å².